The predicted molar refractivity (Wildman–Crippen MR) is 115 cm³/mol. The van der Waals surface area contributed by atoms with Gasteiger partial charge >= 0.3 is 0 Å². The van der Waals surface area contributed by atoms with Gasteiger partial charge < -0.3 is 14.5 Å². The number of rotatable bonds is 6. The minimum absolute atomic E-state index is 0. The number of nitrogens with zero attached hydrogens (tertiary/aromatic N) is 3. The number of hydrogen-bond acceptors (Lipinski definition) is 4. The van der Waals surface area contributed by atoms with Crippen molar-refractivity contribution >= 4 is 24.0 Å². The number of unbranched alkanes of at least 4 members (excludes halogenated alkanes) is 1. The summed E-state index contributed by atoms with van der Waals surface area (Å²) in [5.41, 5.74) is 2.00. The molecule has 1 fully saturated rings. The van der Waals surface area contributed by atoms with Crippen molar-refractivity contribution in [2.24, 2.45) is 0 Å². The van der Waals surface area contributed by atoms with E-state index in [1.54, 1.807) is 0 Å². The summed E-state index contributed by atoms with van der Waals surface area (Å²) in [6.45, 7) is 6.60. The number of carbonyl (C=O) groups excluding carboxylic acids is 1. The molecular formula is C22H28ClN3O2. The molecule has 2 aliphatic heterocycles. The lowest BCUT2D eigenvalue weighted by atomic mass is 10.1. The van der Waals surface area contributed by atoms with Crippen LogP contribution >= 0.6 is 12.4 Å². The molecule has 0 unspecified atom stereocenters. The Morgan fingerprint density at radius 2 is 1.50 bits per heavy atom. The van der Waals surface area contributed by atoms with E-state index in [1.807, 2.05) is 29.2 Å². The van der Waals surface area contributed by atoms with Crippen LogP contribution < -0.4 is 9.64 Å². The Bertz CT molecular complexity index is 763. The number of ether oxygens (including phenoxy) is 1. The average Bonchev–Trinajstić information content (AvgIpc) is 2.74. The maximum atomic E-state index is 12.5. The van der Waals surface area contributed by atoms with Crippen molar-refractivity contribution in [3.05, 3.63) is 60.2 Å². The van der Waals surface area contributed by atoms with Crippen LogP contribution in [0.5, 0.6) is 5.75 Å². The number of hydrogen-bond donors (Lipinski definition) is 0. The Hall–Kier alpha value is -2.24. The van der Waals surface area contributed by atoms with E-state index in [9.17, 15) is 4.79 Å². The van der Waals surface area contributed by atoms with Gasteiger partial charge in [-0.15, -0.1) is 12.4 Å². The lowest BCUT2D eigenvalue weighted by Crippen LogP contribution is -2.46. The molecule has 0 N–H and O–H groups in total. The first-order valence-corrected chi connectivity index (χ1v) is 9.85. The maximum absolute atomic E-state index is 12.5. The summed E-state index contributed by atoms with van der Waals surface area (Å²) in [7, 11) is 0. The summed E-state index contributed by atoms with van der Waals surface area (Å²) < 4.78 is 5.70. The highest BCUT2D eigenvalue weighted by Crippen LogP contribution is 2.24. The number of fused-ring (bicyclic) bond motifs is 1. The Morgan fingerprint density at radius 1 is 0.821 bits per heavy atom. The van der Waals surface area contributed by atoms with Gasteiger partial charge in [-0.1, -0.05) is 30.3 Å². The molecule has 28 heavy (non-hydrogen) atoms. The predicted octanol–water partition coefficient (Wildman–Crippen LogP) is 3.50. The molecule has 1 saturated heterocycles. The van der Waals surface area contributed by atoms with Gasteiger partial charge in [-0.2, -0.15) is 0 Å². The summed E-state index contributed by atoms with van der Waals surface area (Å²) in [5.74, 6) is 0.795. The van der Waals surface area contributed by atoms with Gasteiger partial charge in [0.15, 0.2) is 6.73 Å². The third-order valence-electron chi connectivity index (χ3n) is 5.43. The zero-order valence-corrected chi connectivity index (χ0v) is 16.9. The Kier molecular flexibility index (Phi) is 7.18. The molecule has 0 radical (unpaired) electrons. The smallest absolute Gasteiger partial charge is 0.260 e. The number of piperazine rings is 1. The molecule has 2 aromatic carbocycles. The van der Waals surface area contributed by atoms with Gasteiger partial charge in [0.2, 0.25) is 0 Å². The molecule has 2 aromatic rings. The van der Waals surface area contributed by atoms with Crippen LogP contribution in [-0.2, 0) is 0 Å². The molecule has 0 aromatic heterocycles. The number of carbonyl (C=O) groups is 1. The summed E-state index contributed by atoms with van der Waals surface area (Å²) in [6.07, 6.45) is 2.12. The molecule has 0 saturated carbocycles. The van der Waals surface area contributed by atoms with Gasteiger partial charge in [0.1, 0.15) is 5.75 Å². The minimum atomic E-state index is 0. The van der Waals surface area contributed by atoms with Crippen LogP contribution in [0.3, 0.4) is 0 Å². The molecule has 0 spiro atoms. The van der Waals surface area contributed by atoms with Crippen LogP contribution in [0.4, 0.5) is 5.69 Å². The van der Waals surface area contributed by atoms with Crippen molar-refractivity contribution in [1.29, 1.82) is 0 Å². The molecule has 4 rings (SSSR count). The van der Waals surface area contributed by atoms with E-state index < -0.39 is 0 Å². The highest BCUT2D eigenvalue weighted by Gasteiger charge is 2.24. The summed E-state index contributed by atoms with van der Waals surface area (Å²) in [6, 6.07) is 18.1. The maximum Gasteiger partial charge on any atom is 0.260 e. The van der Waals surface area contributed by atoms with E-state index in [0.717, 1.165) is 52.1 Å². The zero-order valence-electron chi connectivity index (χ0n) is 16.1. The van der Waals surface area contributed by atoms with Crippen LogP contribution in [0.15, 0.2) is 54.6 Å². The third-order valence-corrected chi connectivity index (χ3v) is 5.43. The van der Waals surface area contributed by atoms with E-state index in [4.69, 9.17) is 4.74 Å². The zero-order chi connectivity index (χ0) is 18.5. The van der Waals surface area contributed by atoms with Gasteiger partial charge in [0.25, 0.3) is 5.91 Å². The minimum Gasteiger partial charge on any atom is -0.472 e. The van der Waals surface area contributed by atoms with Crippen molar-refractivity contribution in [2.75, 3.05) is 50.9 Å². The summed E-state index contributed by atoms with van der Waals surface area (Å²) in [4.78, 5) is 19.3. The second kappa shape index (κ2) is 9.80. The fourth-order valence-electron chi connectivity index (χ4n) is 3.82. The lowest BCUT2D eigenvalue weighted by molar-refractivity contribution is 0.0514. The van der Waals surface area contributed by atoms with Gasteiger partial charge in [-0.05, 0) is 43.7 Å². The summed E-state index contributed by atoms with van der Waals surface area (Å²) in [5, 5.41) is 0. The van der Waals surface area contributed by atoms with Crippen molar-refractivity contribution < 1.29 is 9.53 Å². The monoisotopic (exact) mass is 401 g/mol. The molecule has 0 aliphatic carbocycles. The first-order chi connectivity index (χ1) is 13.3. The highest BCUT2D eigenvalue weighted by atomic mass is 35.5. The van der Waals surface area contributed by atoms with Gasteiger partial charge in [-0.3, -0.25) is 9.69 Å². The first-order valence-electron chi connectivity index (χ1n) is 9.85. The van der Waals surface area contributed by atoms with E-state index in [0.29, 0.717) is 18.0 Å². The normalized spacial score (nSPS) is 16.9. The van der Waals surface area contributed by atoms with Crippen molar-refractivity contribution in [2.45, 2.75) is 12.8 Å². The second-order valence-corrected chi connectivity index (χ2v) is 7.21. The SMILES string of the molecule is Cl.O=C1c2ccccc2OCN1CCCCN1CCN(c2ccccc2)CC1. The quantitative estimate of drug-likeness (QED) is 0.694. The number of anilines is 1. The topological polar surface area (TPSA) is 36.0 Å². The van der Waals surface area contributed by atoms with E-state index >= 15 is 0 Å². The van der Waals surface area contributed by atoms with Crippen molar-refractivity contribution in [3.63, 3.8) is 0 Å². The first kappa shape index (κ1) is 20.5. The molecule has 0 bridgehead atoms. The van der Waals surface area contributed by atoms with Crippen LogP contribution in [0.1, 0.15) is 23.2 Å². The highest BCUT2D eigenvalue weighted by molar-refractivity contribution is 5.97. The number of para-hydroxylation sites is 2. The molecule has 6 heteroatoms. The van der Waals surface area contributed by atoms with E-state index in [1.165, 1.54) is 5.69 Å². The second-order valence-electron chi connectivity index (χ2n) is 7.21. The molecule has 2 heterocycles. The van der Waals surface area contributed by atoms with Crippen molar-refractivity contribution in [1.82, 2.24) is 9.80 Å². The third kappa shape index (κ3) is 4.78. The molecule has 1 amide bonds. The van der Waals surface area contributed by atoms with Gasteiger partial charge in [0.05, 0.1) is 5.56 Å². The number of amides is 1. The molecule has 0 atom stereocenters. The van der Waals surface area contributed by atoms with E-state index in [-0.39, 0.29) is 18.3 Å². The fourth-order valence-corrected chi connectivity index (χ4v) is 3.82. The number of benzene rings is 2. The van der Waals surface area contributed by atoms with Crippen molar-refractivity contribution in [3.8, 4) is 5.75 Å². The van der Waals surface area contributed by atoms with Crippen LogP contribution in [0, 0.1) is 0 Å². The molecular weight excluding hydrogens is 374 g/mol. The Morgan fingerprint density at radius 3 is 2.29 bits per heavy atom. The largest absolute Gasteiger partial charge is 0.472 e. The molecule has 2 aliphatic rings. The van der Waals surface area contributed by atoms with Crippen LogP contribution in [0.25, 0.3) is 0 Å². The lowest BCUT2D eigenvalue weighted by Gasteiger charge is -2.36. The Labute approximate surface area is 173 Å². The van der Waals surface area contributed by atoms with Gasteiger partial charge in [0, 0.05) is 38.4 Å². The average molecular weight is 402 g/mol. The van der Waals surface area contributed by atoms with E-state index in [2.05, 4.69) is 40.1 Å². The Balaban J connectivity index is 0.00000225. The van der Waals surface area contributed by atoms with Crippen LogP contribution in [0.2, 0.25) is 0 Å². The summed E-state index contributed by atoms with van der Waals surface area (Å²) >= 11 is 0. The number of halogens is 1. The van der Waals surface area contributed by atoms with Gasteiger partial charge in [-0.25, -0.2) is 0 Å². The molecule has 150 valence electrons. The molecule has 5 nitrogen and oxygen atoms in total. The standard InChI is InChI=1S/C22H27N3O2.ClH/c26-22-20-10-4-5-11-21(20)27-18-25(22)13-7-6-12-23-14-16-24(17-15-23)19-8-2-1-3-9-19;/h1-5,8-11H,6-7,12-18H2;1H. The van der Waals surface area contributed by atoms with Crippen LogP contribution in [-0.4, -0.2) is 61.7 Å². The fraction of sp³-hybridized carbons (Fsp3) is 0.409.